The average Bonchev–Trinajstić information content (AvgIpc) is 2.90. The third-order valence-electron chi connectivity index (χ3n) is 5.07. The fourth-order valence-electron chi connectivity index (χ4n) is 3.61. The first-order valence-electron chi connectivity index (χ1n) is 7.97. The fraction of sp³-hybridized carbons (Fsp3) is 0.526. The van der Waals surface area contributed by atoms with Gasteiger partial charge in [0.25, 0.3) is 0 Å². The van der Waals surface area contributed by atoms with E-state index in [-0.39, 0.29) is 5.92 Å². The first-order valence-corrected chi connectivity index (χ1v) is 8.85. The summed E-state index contributed by atoms with van der Waals surface area (Å²) in [5, 5.41) is 3.20. The number of hydrogen-bond donors (Lipinski definition) is 0. The molecule has 1 aliphatic carbocycles. The minimum atomic E-state index is 0.238. The van der Waals surface area contributed by atoms with Crippen molar-refractivity contribution in [1.29, 1.82) is 0 Å². The van der Waals surface area contributed by atoms with Gasteiger partial charge in [0.1, 0.15) is 0 Å². The largest absolute Gasteiger partial charge is 0.294 e. The molecule has 0 N–H and O–H groups in total. The summed E-state index contributed by atoms with van der Waals surface area (Å²) in [7, 11) is 0. The standard InChI is InChI=1S/C19H24OS/c1-19(2,3)14-10-8-13(9-11-14)18(20)16-12-21-17-7-5-4-6-15(16)17/h4-7,12-14H,8-11H2,1-3H3. The molecule has 2 heteroatoms. The second-order valence-electron chi connectivity index (χ2n) is 7.42. The number of hydrogen-bond acceptors (Lipinski definition) is 2. The molecule has 1 nitrogen and oxygen atoms in total. The minimum absolute atomic E-state index is 0.238. The molecule has 0 spiro atoms. The molecular weight excluding hydrogens is 276 g/mol. The monoisotopic (exact) mass is 300 g/mol. The van der Waals surface area contributed by atoms with Crippen molar-refractivity contribution in [2.24, 2.45) is 17.3 Å². The molecule has 0 unspecified atom stereocenters. The molecule has 21 heavy (non-hydrogen) atoms. The number of fused-ring (bicyclic) bond motifs is 1. The normalized spacial score (nSPS) is 23.4. The van der Waals surface area contributed by atoms with Gasteiger partial charge >= 0.3 is 0 Å². The highest BCUT2D eigenvalue weighted by Crippen LogP contribution is 2.41. The van der Waals surface area contributed by atoms with Crippen LogP contribution in [0.1, 0.15) is 56.8 Å². The molecule has 0 saturated heterocycles. The van der Waals surface area contributed by atoms with E-state index in [0.29, 0.717) is 11.2 Å². The summed E-state index contributed by atoms with van der Waals surface area (Å²) in [5.41, 5.74) is 1.33. The van der Waals surface area contributed by atoms with Crippen molar-refractivity contribution < 1.29 is 4.79 Å². The second-order valence-corrected chi connectivity index (χ2v) is 8.34. The van der Waals surface area contributed by atoms with Crippen LogP contribution in [-0.4, -0.2) is 5.78 Å². The number of ketones is 1. The Balaban J connectivity index is 1.75. The average molecular weight is 300 g/mol. The van der Waals surface area contributed by atoms with Gasteiger partial charge in [-0.15, -0.1) is 11.3 Å². The zero-order chi connectivity index (χ0) is 15.0. The Morgan fingerprint density at radius 1 is 1.10 bits per heavy atom. The Bertz CT molecular complexity index is 639. The number of Topliss-reactive ketones (excluding diaryl/α,β-unsaturated/α-hetero) is 1. The summed E-state index contributed by atoms with van der Waals surface area (Å²) in [6.07, 6.45) is 4.51. The van der Waals surface area contributed by atoms with Gasteiger partial charge in [0.05, 0.1) is 0 Å². The van der Waals surface area contributed by atoms with Crippen molar-refractivity contribution in [3.05, 3.63) is 35.2 Å². The van der Waals surface area contributed by atoms with Crippen LogP contribution in [0, 0.1) is 17.3 Å². The maximum absolute atomic E-state index is 12.8. The maximum atomic E-state index is 12.8. The van der Waals surface area contributed by atoms with E-state index in [4.69, 9.17) is 0 Å². The van der Waals surface area contributed by atoms with E-state index in [9.17, 15) is 4.79 Å². The van der Waals surface area contributed by atoms with Crippen molar-refractivity contribution >= 4 is 27.2 Å². The quantitative estimate of drug-likeness (QED) is 0.628. The molecule has 0 atom stereocenters. The lowest BCUT2D eigenvalue weighted by atomic mass is 9.69. The SMILES string of the molecule is CC(C)(C)C1CCC(C(=O)c2csc3ccccc23)CC1. The van der Waals surface area contributed by atoms with Crippen molar-refractivity contribution in [1.82, 2.24) is 0 Å². The van der Waals surface area contributed by atoms with E-state index in [2.05, 4.69) is 38.3 Å². The van der Waals surface area contributed by atoms with Gasteiger partial charge in [-0.2, -0.15) is 0 Å². The lowest BCUT2D eigenvalue weighted by Gasteiger charge is -2.36. The molecule has 0 radical (unpaired) electrons. The second kappa shape index (κ2) is 5.57. The molecule has 1 aromatic heterocycles. The first-order chi connectivity index (χ1) is 9.97. The highest BCUT2D eigenvalue weighted by molar-refractivity contribution is 7.17. The third-order valence-corrected chi connectivity index (χ3v) is 6.03. The van der Waals surface area contributed by atoms with Crippen LogP contribution in [0.4, 0.5) is 0 Å². The molecule has 3 rings (SSSR count). The van der Waals surface area contributed by atoms with Gasteiger partial charge in [0, 0.05) is 26.9 Å². The maximum Gasteiger partial charge on any atom is 0.167 e. The van der Waals surface area contributed by atoms with Crippen molar-refractivity contribution in [2.45, 2.75) is 46.5 Å². The van der Waals surface area contributed by atoms with Gasteiger partial charge in [-0.1, -0.05) is 39.0 Å². The summed E-state index contributed by atoms with van der Waals surface area (Å²) in [5.74, 6) is 1.38. The van der Waals surface area contributed by atoms with Gasteiger partial charge < -0.3 is 0 Å². The zero-order valence-electron chi connectivity index (χ0n) is 13.2. The number of carbonyl (C=O) groups is 1. The van der Waals surface area contributed by atoms with E-state index in [1.54, 1.807) is 11.3 Å². The number of rotatable bonds is 2. The van der Waals surface area contributed by atoms with Crippen LogP contribution in [0.15, 0.2) is 29.6 Å². The molecule has 112 valence electrons. The smallest absolute Gasteiger partial charge is 0.167 e. The minimum Gasteiger partial charge on any atom is -0.294 e. The Morgan fingerprint density at radius 3 is 2.43 bits per heavy atom. The molecule has 0 bridgehead atoms. The van der Waals surface area contributed by atoms with Crippen LogP contribution < -0.4 is 0 Å². The summed E-state index contributed by atoms with van der Waals surface area (Å²) in [6, 6.07) is 8.26. The van der Waals surface area contributed by atoms with Crippen LogP contribution in [0.2, 0.25) is 0 Å². The molecule has 1 fully saturated rings. The van der Waals surface area contributed by atoms with Crippen LogP contribution >= 0.6 is 11.3 Å². The van der Waals surface area contributed by atoms with Gasteiger partial charge in [-0.3, -0.25) is 4.79 Å². The fourth-order valence-corrected chi connectivity index (χ4v) is 4.56. The number of thiophene rings is 1. The van der Waals surface area contributed by atoms with Crippen molar-refractivity contribution in [3.63, 3.8) is 0 Å². The Hall–Kier alpha value is -1.15. The Labute approximate surface area is 131 Å². The topological polar surface area (TPSA) is 17.1 Å². The lowest BCUT2D eigenvalue weighted by Crippen LogP contribution is -2.28. The summed E-state index contributed by atoms with van der Waals surface area (Å²) >= 11 is 1.69. The van der Waals surface area contributed by atoms with Crippen LogP contribution in [0.25, 0.3) is 10.1 Å². The van der Waals surface area contributed by atoms with Crippen LogP contribution in [-0.2, 0) is 0 Å². The molecule has 0 aliphatic heterocycles. The lowest BCUT2D eigenvalue weighted by molar-refractivity contribution is 0.0821. The van der Waals surface area contributed by atoms with E-state index in [0.717, 1.165) is 29.7 Å². The van der Waals surface area contributed by atoms with E-state index < -0.39 is 0 Å². The highest BCUT2D eigenvalue weighted by Gasteiger charge is 2.33. The van der Waals surface area contributed by atoms with Crippen LogP contribution in [0.5, 0.6) is 0 Å². The summed E-state index contributed by atoms with van der Waals surface area (Å²) < 4.78 is 1.23. The van der Waals surface area contributed by atoms with Gasteiger partial charge in [-0.25, -0.2) is 0 Å². The van der Waals surface area contributed by atoms with E-state index in [1.807, 2.05) is 12.1 Å². The van der Waals surface area contributed by atoms with E-state index in [1.165, 1.54) is 17.5 Å². The van der Waals surface area contributed by atoms with Crippen molar-refractivity contribution in [3.8, 4) is 0 Å². The number of carbonyl (C=O) groups excluding carboxylic acids is 1. The predicted octanol–water partition coefficient (Wildman–Crippen LogP) is 5.94. The molecule has 1 aliphatic rings. The third kappa shape index (κ3) is 2.91. The molecule has 1 heterocycles. The predicted molar refractivity (Wildman–Crippen MR) is 91.1 cm³/mol. The highest BCUT2D eigenvalue weighted by atomic mass is 32.1. The van der Waals surface area contributed by atoms with Crippen LogP contribution in [0.3, 0.4) is 0 Å². The molecule has 0 amide bonds. The summed E-state index contributed by atoms with van der Waals surface area (Å²) in [4.78, 5) is 12.8. The molecule has 2 aromatic rings. The van der Waals surface area contributed by atoms with Gasteiger partial charge in [0.2, 0.25) is 0 Å². The zero-order valence-corrected chi connectivity index (χ0v) is 14.0. The van der Waals surface area contributed by atoms with Gasteiger partial charge in [-0.05, 0) is 43.1 Å². The number of benzene rings is 1. The van der Waals surface area contributed by atoms with E-state index >= 15 is 0 Å². The molecule has 1 aromatic carbocycles. The Kier molecular flexibility index (Phi) is 3.92. The first kappa shape index (κ1) is 14.8. The van der Waals surface area contributed by atoms with Crippen molar-refractivity contribution in [2.75, 3.05) is 0 Å². The summed E-state index contributed by atoms with van der Waals surface area (Å²) in [6.45, 7) is 6.98. The molecular formula is C19H24OS. The van der Waals surface area contributed by atoms with Gasteiger partial charge in [0.15, 0.2) is 5.78 Å². The molecule has 1 saturated carbocycles. The Morgan fingerprint density at radius 2 is 1.76 bits per heavy atom.